The molecule has 0 aromatic carbocycles. The van der Waals surface area contributed by atoms with Crippen LogP contribution in [0.3, 0.4) is 0 Å². The number of rotatable bonds is 2. The molecule has 19 heavy (non-hydrogen) atoms. The molecule has 1 unspecified atom stereocenters. The Bertz CT molecular complexity index is 656. The average Bonchev–Trinajstić information content (AvgIpc) is 2.79. The van der Waals surface area contributed by atoms with Gasteiger partial charge in [0, 0.05) is 31.0 Å². The molecule has 0 amide bonds. The molecular weight excluding hydrogens is 240 g/mol. The molecule has 2 aromatic heterocycles. The second-order valence-corrected chi connectivity index (χ2v) is 5.14. The maximum absolute atomic E-state index is 12.1. The molecular formula is C14H18N4O. The maximum Gasteiger partial charge on any atom is 0.251 e. The standard InChI is InChI=1S/C14H18N4O/c1-17-8-7-10(16-17)9-18-13-4-2-3-12(15)11(13)5-6-14(18)19/h5-8,12H,2-4,9,15H2,1H3. The minimum absolute atomic E-state index is 0.0264. The van der Waals surface area contributed by atoms with Crippen molar-refractivity contribution in [2.24, 2.45) is 12.8 Å². The summed E-state index contributed by atoms with van der Waals surface area (Å²) in [5.74, 6) is 0. The fraction of sp³-hybridized carbons (Fsp3) is 0.429. The Labute approximate surface area is 111 Å². The molecule has 0 spiro atoms. The minimum atomic E-state index is 0.0264. The van der Waals surface area contributed by atoms with Crippen LogP contribution < -0.4 is 11.3 Å². The monoisotopic (exact) mass is 258 g/mol. The van der Waals surface area contributed by atoms with Crippen LogP contribution in [0.1, 0.15) is 35.8 Å². The van der Waals surface area contributed by atoms with Gasteiger partial charge in [-0.3, -0.25) is 9.48 Å². The quantitative estimate of drug-likeness (QED) is 0.872. The van der Waals surface area contributed by atoms with Crippen molar-refractivity contribution in [2.45, 2.75) is 31.8 Å². The number of pyridine rings is 1. The van der Waals surface area contributed by atoms with Gasteiger partial charge in [-0.05, 0) is 30.9 Å². The van der Waals surface area contributed by atoms with Crippen molar-refractivity contribution in [3.8, 4) is 0 Å². The number of nitrogens with two attached hydrogens (primary N) is 1. The highest BCUT2D eigenvalue weighted by molar-refractivity contribution is 5.27. The Morgan fingerprint density at radius 3 is 3.00 bits per heavy atom. The summed E-state index contributed by atoms with van der Waals surface area (Å²) in [6, 6.07) is 5.50. The van der Waals surface area contributed by atoms with Gasteiger partial charge in [0.1, 0.15) is 0 Å². The van der Waals surface area contributed by atoms with Crippen LogP contribution in [-0.2, 0) is 20.0 Å². The van der Waals surface area contributed by atoms with Crippen LogP contribution in [0.25, 0.3) is 0 Å². The van der Waals surface area contributed by atoms with Gasteiger partial charge in [-0.15, -0.1) is 0 Å². The molecule has 2 N–H and O–H groups in total. The van der Waals surface area contributed by atoms with E-state index in [9.17, 15) is 4.79 Å². The largest absolute Gasteiger partial charge is 0.324 e. The lowest BCUT2D eigenvalue weighted by Crippen LogP contribution is -2.29. The van der Waals surface area contributed by atoms with Gasteiger partial charge in [0.25, 0.3) is 5.56 Å². The van der Waals surface area contributed by atoms with Crippen LogP contribution in [0, 0.1) is 0 Å². The highest BCUT2D eigenvalue weighted by Gasteiger charge is 2.20. The fourth-order valence-corrected chi connectivity index (χ4v) is 2.78. The number of aryl methyl sites for hydroxylation is 1. The maximum atomic E-state index is 12.1. The van der Waals surface area contributed by atoms with E-state index in [4.69, 9.17) is 5.73 Å². The molecule has 0 fully saturated rings. The van der Waals surface area contributed by atoms with Gasteiger partial charge >= 0.3 is 0 Å². The van der Waals surface area contributed by atoms with Crippen molar-refractivity contribution in [3.05, 3.63) is 51.7 Å². The van der Waals surface area contributed by atoms with E-state index < -0.39 is 0 Å². The molecule has 0 saturated carbocycles. The predicted molar refractivity (Wildman–Crippen MR) is 72.9 cm³/mol. The summed E-state index contributed by atoms with van der Waals surface area (Å²) in [4.78, 5) is 12.1. The van der Waals surface area contributed by atoms with E-state index in [0.29, 0.717) is 6.54 Å². The lowest BCUT2D eigenvalue weighted by Gasteiger charge is -2.25. The lowest BCUT2D eigenvalue weighted by atomic mass is 9.91. The first-order valence-corrected chi connectivity index (χ1v) is 6.62. The number of hydrogen-bond acceptors (Lipinski definition) is 3. The Hall–Kier alpha value is -1.88. The molecule has 5 nitrogen and oxygen atoms in total. The van der Waals surface area contributed by atoms with Crippen LogP contribution in [0.2, 0.25) is 0 Å². The molecule has 1 aliphatic carbocycles. The van der Waals surface area contributed by atoms with E-state index in [1.165, 1.54) is 0 Å². The third kappa shape index (κ3) is 2.21. The molecule has 1 aliphatic rings. The third-order valence-corrected chi connectivity index (χ3v) is 3.75. The molecule has 3 rings (SSSR count). The van der Waals surface area contributed by atoms with Gasteiger partial charge in [0.15, 0.2) is 0 Å². The fourth-order valence-electron chi connectivity index (χ4n) is 2.78. The zero-order valence-corrected chi connectivity index (χ0v) is 11.0. The molecule has 0 aliphatic heterocycles. The zero-order valence-electron chi connectivity index (χ0n) is 11.0. The van der Waals surface area contributed by atoms with Crippen molar-refractivity contribution < 1.29 is 0 Å². The number of aromatic nitrogens is 3. The SMILES string of the molecule is Cn1ccc(Cn2c3c(ccc2=O)C(N)CCC3)n1. The van der Waals surface area contributed by atoms with Gasteiger partial charge in [-0.1, -0.05) is 6.07 Å². The van der Waals surface area contributed by atoms with Gasteiger partial charge in [-0.25, -0.2) is 0 Å². The number of nitrogens with zero attached hydrogens (tertiary/aromatic N) is 3. The van der Waals surface area contributed by atoms with E-state index in [2.05, 4.69) is 5.10 Å². The van der Waals surface area contributed by atoms with Crippen LogP contribution in [-0.4, -0.2) is 14.3 Å². The van der Waals surface area contributed by atoms with E-state index in [0.717, 1.165) is 36.2 Å². The highest BCUT2D eigenvalue weighted by atomic mass is 16.1. The van der Waals surface area contributed by atoms with Crippen molar-refractivity contribution in [3.63, 3.8) is 0 Å². The van der Waals surface area contributed by atoms with Crippen LogP contribution in [0.4, 0.5) is 0 Å². The van der Waals surface area contributed by atoms with Crippen molar-refractivity contribution in [1.82, 2.24) is 14.3 Å². The van der Waals surface area contributed by atoms with Gasteiger partial charge < -0.3 is 10.3 Å². The Balaban J connectivity index is 2.05. The van der Waals surface area contributed by atoms with E-state index in [1.54, 1.807) is 10.7 Å². The Kier molecular flexibility index (Phi) is 2.98. The predicted octanol–water partition coefficient (Wildman–Crippen LogP) is 0.966. The van der Waals surface area contributed by atoms with Crippen LogP contribution in [0.15, 0.2) is 29.2 Å². The number of fused-ring (bicyclic) bond motifs is 1. The van der Waals surface area contributed by atoms with Gasteiger partial charge in [0.05, 0.1) is 12.2 Å². The van der Waals surface area contributed by atoms with Gasteiger partial charge in [-0.2, -0.15) is 5.10 Å². The number of hydrogen-bond donors (Lipinski definition) is 1. The summed E-state index contributed by atoms with van der Waals surface area (Å²) in [6.45, 7) is 0.523. The molecule has 0 radical (unpaired) electrons. The summed E-state index contributed by atoms with van der Waals surface area (Å²) >= 11 is 0. The smallest absolute Gasteiger partial charge is 0.251 e. The molecule has 2 heterocycles. The summed E-state index contributed by atoms with van der Waals surface area (Å²) in [5.41, 5.74) is 9.25. The van der Waals surface area contributed by atoms with Crippen molar-refractivity contribution >= 4 is 0 Å². The molecule has 0 bridgehead atoms. The molecule has 5 heteroatoms. The first-order chi connectivity index (χ1) is 9.15. The van der Waals surface area contributed by atoms with Crippen molar-refractivity contribution in [1.29, 1.82) is 0 Å². The molecule has 100 valence electrons. The normalized spacial score (nSPS) is 18.3. The van der Waals surface area contributed by atoms with Gasteiger partial charge in [0.2, 0.25) is 0 Å². The topological polar surface area (TPSA) is 65.8 Å². The van der Waals surface area contributed by atoms with Crippen LogP contribution >= 0.6 is 0 Å². The summed E-state index contributed by atoms with van der Waals surface area (Å²) in [7, 11) is 1.88. The summed E-state index contributed by atoms with van der Waals surface area (Å²) in [6.07, 6.45) is 4.85. The lowest BCUT2D eigenvalue weighted by molar-refractivity contribution is 0.527. The van der Waals surface area contributed by atoms with E-state index in [-0.39, 0.29) is 11.6 Å². The second kappa shape index (κ2) is 4.66. The molecule has 1 atom stereocenters. The van der Waals surface area contributed by atoms with E-state index >= 15 is 0 Å². The second-order valence-electron chi connectivity index (χ2n) is 5.14. The van der Waals surface area contributed by atoms with E-state index in [1.807, 2.05) is 29.9 Å². The van der Waals surface area contributed by atoms with Crippen molar-refractivity contribution in [2.75, 3.05) is 0 Å². The molecule has 0 saturated heterocycles. The first-order valence-electron chi connectivity index (χ1n) is 6.62. The minimum Gasteiger partial charge on any atom is -0.324 e. The highest BCUT2D eigenvalue weighted by Crippen LogP contribution is 2.26. The Morgan fingerprint density at radius 2 is 2.26 bits per heavy atom. The summed E-state index contributed by atoms with van der Waals surface area (Å²) in [5, 5.41) is 4.34. The zero-order chi connectivity index (χ0) is 13.4. The first kappa shape index (κ1) is 12.2. The van der Waals surface area contributed by atoms with Crippen LogP contribution in [0.5, 0.6) is 0 Å². The molecule has 2 aromatic rings. The summed E-state index contributed by atoms with van der Waals surface area (Å²) < 4.78 is 3.57. The average molecular weight is 258 g/mol. The third-order valence-electron chi connectivity index (χ3n) is 3.75. The Morgan fingerprint density at radius 1 is 1.42 bits per heavy atom.